The fourth-order valence-corrected chi connectivity index (χ4v) is 2.03. The number of carbonyl (C=O) groups excluding carboxylic acids is 1. The molecule has 0 bridgehead atoms. The molecule has 0 saturated heterocycles. The predicted octanol–water partition coefficient (Wildman–Crippen LogP) is 1.83. The number of ether oxygens (including phenoxy) is 1. The molecule has 1 aromatic heterocycles. The second-order valence-electron chi connectivity index (χ2n) is 5.22. The molecule has 1 aromatic carbocycles. The van der Waals surface area contributed by atoms with E-state index in [2.05, 4.69) is 0 Å². The number of benzene rings is 1. The molecule has 0 aliphatic heterocycles. The van der Waals surface area contributed by atoms with Gasteiger partial charge >= 0.3 is 0 Å². The summed E-state index contributed by atoms with van der Waals surface area (Å²) >= 11 is 0. The lowest BCUT2D eigenvalue weighted by molar-refractivity contribution is -0.130. The van der Waals surface area contributed by atoms with Crippen LogP contribution in [0.4, 0.5) is 4.39 Å². The summed E-state index contributed by atoms with van der Waals surface area (Å²) in [5.74, 6) is -0.495. The standard InChI is InChI=1S/C17H19FN2O3/c1-13-6-5-9-20(17(13)22)12-16(21)19(2)10-11-23-15-8-4-3-7-14(15)18/h3-9H,10-12H2,1-2H3. The van der Waals surface area contributed by atoms with Gasteiger partial charge in [-0.05, 0) is 25.1 Å². The van der Waals surface area contributed by atoms with Crippen molar-refractivity contribution in [3.8, 4) is 5.75 Å². The summed E-state index contributed by atoms with van der Waals surface area (Å²) in [5, 5.41) is 0. The van der Waals surface area contributed by atoms with Gasteiger partial charge in [-0.25, -0.2) is 4.39 Å². The molecule has 0 unspecified atom stereocenters. The summed E-state index contributed by atoms with van der Waals surface area (Å²) in [6.07, 6.45) is 1.58. The fourth-order valence-electron chi connectivity index (χ4n) is 2.03. The Balaban J connectivity index is 1.87. The lowest BCUT2D eigenvalue weighted by Gasteiger charge is -2.18. The minimum atomic E-state index is -0.437. The Labute approximate surface area is 133 Å². The first-order valence-corrected chi connectivity index (χ1v) is 7.26. The van der Waals surface area contributed by atoms with Gasteiger partial charge in [0.15, 0.2) is 11.6 Å². The topological polar surface area (TPSA) is 51.5 Å². The van der Waals surface area contributed by atoms with Crippen molar-refractivity contribution in [1.29, 1.82) is 0 Å². The van der Waals surface area contributed by atoms with Gasteiger partial charge in [0.1, 0.15) is 13.2 Å². The van der Waals surface area contributed by atoms with Crippen LogP contribution in [0.15, 0.2) is 47.4 Å². The van der Waals surface area contributed by atoms with Crippen molar-refractivity contribution in [2.75, 3.05) is 20.2 Å². The first kappa shape index (κ1) is 16.7. The van der Waals surface area contributed by atoms with Gasteiger partial charge < -0.3 is 14.2 Å². The van der Waals surface area contributed by atoms with Crippen molar-refractivity contribution in [3.63, 3.8) is 0 Å². The quantitative estimate of drug-likeness (QED) is 0.816. The Kier molecular flexibility index (Phi) is 5.51. The second kappa shape index (κ2) is 7.58. The molecule has 0 spiro atoms. The molecule has 23 heavy (non-hydrogen) atoms. The molecule has 0 atom stereocenters. The molecule has 0 aliphatic rings. The zero-order valence-corrected chi connectivity index (χ0v) is 13.2. The van der Waals surface area contributed by atoms with Gasteiger partial charge in [0.25, 0.3) is 5.56 Å². The highest BCUT2D eigenvalue weighted by molar-refractivity contribution is 5.75. The van der Waals surface area contributed by atoms with Crippen LogP contribution in [0.5, 0.6) is 5.75 Å². The van der Waals surface area contributed by atoms with Gasteiger partial charge in [0, 0.05) is 18.8 Å². The first-order chi connectivity index (χ1) is 11.0. The van der Waals surface area contributed by atoms with E-state index in [-0.39, 0.29) is 30.4 Å². The van der Waals surface area contributed by atoms with Crippen LogP contribution in [0, 0.1) is 12.7 Å². The molecule has 5 nitrogen and oxygen atoms in total. The minimum absolute atomic E-state index is 0.0310. The monoisotopic (exact) mass is 318 g/mol. The third kappa shape index (κ3) is 4.42. The smallest absolute Gasteiger partial charge is 0.253 e. The number of aryl methyl sites for hydroxylation is 1. The molecule has 2 aromatic rings. The Morgan fingerprint density at radius 3 is 2.74 bits per heavy atom. The van der Waals surface area contributed by atoms with Crippen molar-refractivity contribution in [2.24, 2.45) is 0 Å². The molecule has 2 rings (SSSR count). The number of aromatic nitrogens is 1. The average Bonchev–Trinajstić information content (AvgIpc) is 2.53. The summed E-state index contributed by atoms with van der Waals surface area (Å²) in [7, 11) is 1.62. The highest BCUT2D eigenvalue weighted by Gasteiger charge is 2.11. The maximum absolute atomic E-state index is 13.4. The summed E-state index contributed by atoms with van der Waals surface area (Å²) in [5.41, 5.74) is 0.405. The number of pyridine rings is 1. The molecular weight excluding hydrogens is 299 g/mol. The van der Waals surface area contributed by atoms with Gasteiger partial charge in [-0.2, -0.15) is 0 Å². The Hall–Kier alpha value is -2.63. The SMILES string of the molecule is Cc1cccn(CC(=O)N(C)CCOc2ccccc2F)c1=O. The average molecular weight is 318 g/mol. The third-order valence-corrected chi connectivity index (χ3v) is 3.46. The zero-order valence-electron chi connectivity index (χ0n) is 13.2. The van der Waals surface area contributed by atoms with Gasteiger partial charge in [0.05, 0.1) is 6.54 Å². The maximum Gasteiger partial charge on any atom is 0.253 e. The van der Waals surface area contributed by atoms with Gasteiger partial charge in [-0.3, -0.25) is 9.59 Å². The fraction of sp³-hybridized carbons (Fsp3) is 0.294. The van der Waals surface area contributed by atoms with Crippen LogP contribution in [-0.2, 0) is 11.3 Å². The van der Waals surface area contributed by atoms with Crippen molar-refractivity contribution in [1.82, 2.24) is 9.47 Å². The molecule has 6 heteroatoms. The normalized spacial score (nSPS) is 10.4. The summed E-state index contributed by atoms with van der Waals surface area (Å²) < 4.78 is 20.1. The largest absolute Gasteiger partial charge is 0.489 e. The predicted molar refractivity (Wildman–Crippen MR) is 85.0 cm³/mol. The number of amides is 1. The van der Waals surface area contributed by atoms with Crippen molar-refractivity contribution < 1.29 is 13.9 Å². The van der Waals surface area contributed by atoms with Crippen LogP contribution in [0.1, 0.15) is 5.56 Å². The molecular formula is C17H19FN2O3. The molecule has 0 fully saturated rings. The van der Waals surface area contributed by atoms with E-state index in [1.54, 1.807) is 44.4 Å². The van der Waals surface area contributed by atoms with E-state index in [0.29, 0.717) is 12.1 Å². The lowest BCUT2D eigenvalue weighted by atomic mass is 10.3. The van der Waals surface area contributed by atoms with E-state index in [9.17, 15) is 14.0 Å². The van der Waals surface area contributed by atoms with Crippen molar-refractivity contribution in [3.05, 3.63) is 64.3 Å². The molecule has 0 radical (unpaired) electrons. The van der Waals surface area contributed by atoms with Crippen LogP contribution >= 0.6 is 0 Å². The zero-order chi connectivity index (χ0) is 16.8. The van der Waals surface area contributed by atoms with E-state index in [0.717, 1.165) is 0 Å². The highest BCUT2D eigenvalue weighted by atomic mass is 19.1. The second-order valence-corrected chi connectivity index (χ2v) is 5.22. The summed E-state index contributed by atoms with van der Waals surface area (Å²) in [6.45, 7) is 2.14. The number of rotatable bonds is 6. The van der Waals surface area contributed by atoms with E-state index < -0.39 is 5.82 Å². The molecule has 122 valence electrons. The van der Waals surface area contributed by atoms with Gasteiger partial charge in [-0.15, -0.1) is 0 Å². The lowest BCUT2D eigenvalue weighted by Crippen LogP contribution is -2.36. The Morgan fingerprint density at radius 1 is 1.26 bits per heavy atom. The van der Waals surface area contributed by atoms with E-state index in [4.69, 9.17) is 4.74 Å². The number of hydrogen-bond acceptors (Lipinski definition) is 3. The Bertz CT molecular complexity index is 743. The molecule has 1 heterocycles. The van der Waals surface area contributed by atoms with Crippen LogP contribution < -0.4 is 10.3 Å². The molecule has 0 saturated carbocycles. The number of hydrogen-bond donors (Lipinski definition) is 0. The third-order valence-electron chi connectivity index (χ3n) is 3.46. The molecule has 0 aliphatic carbocycles. The van der Waals surface area contributed by atoms with Crippen molar-refractivity contribution in [2.45, 2.75) is 13.5 Å². The van der Waals surface area contributed by atoms with Crippen LogP contribution in [0.3, 0.4) is 0 Å². The van der Waals surface area contributed by atoms with Gasteiger partial charge in [0.2, 0.25) is 5.91 Å². The number of nitrogens with zero attached hydrogens (tertiary/aromatic N) is 2. The number of halogens is 1. The number of likely N-dealkylation sites (N-methyl/N-ethyl adjacent to an activating group) is 1. The number of carbonyl (C=O) groups is 1. The maximum atomic E-state index is 13.4. The number of para-hydroxylation sites is 1. The van der Waals surface area contributed by atoms with Crippen LogP contribution in [0.2, 0.25) is 0 Å². The molecule has 1 amide bonds. The summed E-state index contributed by atoms with van der Waals surface area (Å²) in [6, 6.07) is 9.53. The van der Waals surface area contributed by atoms with Gasteiger partial charge in [-0.1, -0.05) is 18.2 Å². The minimum Gasteiger partial charge on any atom is -0.489 e. The Morgan fingerprint density at radius 2 is 2.00 bits per heavy atom. The molecule has 0 N–H and O–H groups in total. The van der Waals surface area contributed by atoms with E-state index >= 15 is 0 Å². The van der Waals surface area contributed by atoms with E-state index in [1.807, 2.05) is 0 Å². The van der Waals surface area contributed by atoms with Crippen molar-refractivity contribution >= 4 is 5.91 Å². The highest BCUT2D eigenvalue weighted by Crippen LogP contribution is 2.14. The van der Waals surface area contributed by atoms with Crippen LogP contribution in [-0.4, -0.2) is 35.6 Å². The van der Waals surface area contributed by atoms with E-state index in [1.165, 1.54) is 21.6 Å². The summed E-state index contributed by atoms with van der Waals surface area (Å²) in [4.78, 5) is 25.5. The van der Waals surface area contributed by atoms with Crippen LogP contribution in [0.25, 0.3) is 0 Å². The first-order valence-electron chi connectivity index (χ1n) is 7.26.